The fourth-order valence-electron chi connectivity index (χ4n) is 3.26. The molecule has 0 spiro atoms. The zero-order chi connectivity index (χ0) is 18.4. The summed E-state index contributed by atoms with van der Waals surface area (Å²) in [5.41, 5.74) is 8.33. The minimum atomic E-state index is -3.78. The number of benzene rings is 1. The highest BCUT2D eigenvalue weighted by atomic mass is 32.2. The Bertz CT molecular complexity index is 945. The molecule has 1 heterocycles. The number of fused-ring (bicyclic) bond motifs is 1. The zero-order valence-corrected chi connectivity index (χ0v) is 16.2. The number of rotatable bonds is 4. The molecule has 0 saturated heterocycles. The summed E-state index contributed by atoms with van der Waals surface area (Å²) in [6.45, 7) is 5.76. The number of amides is 1. The highest BCUT2D eigenvalue weighted by Crippen LogP contribution is 2.40. The van der Waals surface area contributed by atoms with Gasteiger partial charge in [-0.15, -0.1) is 11.3 Å². The molecule has 1 atom stereocenters. The van der Waals surface area contributed by atoms with Crippen molar-refractivity contribution in [2.75, 3.05) is 4.72 Å². The van der Waals surface area contributed by atoms with E-state index in [-0.39, 0.29) is 4.90 Å². The molecule has 1 aliphatic rings. The highest BCUT2D eigenvalue weighted by molar-refractivity contribution is 7.93. The van der Waals surface area contributed by atoms with Crippen molar-refractivity contribution in [1.29, 1.82) is 0 Å². The Kier molecular flexibility index (Phi) is 4.64. The Balaban J connectivity index is 2.05. The lowest BCUT2D eigenvalue weighted by Gasteiger charge is -2.18. The largest absolute Gasteiger partial charge is 0.365 e. The molecular weight excluding hydrogens is 356 g/mol. The van der Waals surface area contributed by atoms with Gasteiger partial charge in [-0.3, -0.25) is 9.52 Å². The molecule has 1 aromatic carbocycles. The quantitative estimate of drug-likeness (QED) is 0.854. The molecule has 7 heteroatoms. The van der Waals surface area contributed by atoms with Crippen molar-refractivity contribution in [3.63, 3.8) is 0 Å². The van der Waals surface area contributed by atoms with Crippen LogP contribution in [0.3, 0.4) is 0 Å². The average Bonchev–Trinajstić information content (AvgIpc) is 2.85. The number of carbonyl (C=O) groups excluding carboxylic acids is 1. The smallest absolute Gasteiger partial charge is 0.262 e. The molecule has 0 fully saturated rings. The topological polar surface area (TPSA) is 89.3 Å². The molecule has 1 amide bonds. The van der Waals surface area contributed by atoms with Crippen LogP contribution in [0, 0.1) is 19.8 Å². The summed E-state index contributed by atoms with van der Waals surface area (Å²) in [6, 6.07) is 5.28. The number of primary amides is 1. The number of anilines is 1. The zero-order valence-electron chi connectivity index (χ0n) is 14.5. The number of nitrogens with two attached hydrogens (primary N) is 1. The number of thiophene rings is 1. The van der Waals surface area contributed by atoms with Gasteiger partial charge in [-0.1, -0.05) is 19.1 Å². The van der Waals surface area contributed by atoms with Crippen molar-refractivity contribution in [1.82, 2.24) is 0 Å². The minimum absolute atomic E-state index is 0.225. The predicted octanol–water partition coefficient (Wildman–Crippen LogP) is 3.39. The van der Waals surface area contributed by atoms with Gasteiger partial charge >= 0.3 is 0 Å². The van der Waals surface area contributed by atoms with Crippen molar-refractivity contribution in [3.8, 4) is 0 Å². The summed E-state index contributed by atoms with van der Waals surface area (Å²) in [6.07, 6.45) is 2.59. The summed E-state index contributed by atoms with van der Waals surface area (Å²) in [5.74, 6) is -0.0546. The lowest BCUT2D eigenvalue weighted by molar-refractivity contribution is 0.100. The predicted molar refractivity (Wildman–Crippen MR) is 101 cm³/mol. The minimum Gasteiger partial charge on any atom is -0.365 e. The van der Waals surface area contributed by atoms with Crippen molar-refractivity contribution < 1.29 is 13.2 Å². The Hall–Kier alpha value is -1.86. The van der Waals surface area contributed by atoms with Crippen LogP contribution in [0.2, 0.25) is 0 Å². The highest BCUT2D eigenvalue weighted by Gasteiger charge is 2.29. The molecule has 0 aliphatic heterocycles. The van der Waals surface area contributed by atoms with Gasteiger partial charge in [0.15, 0.2) is 0 Å². The summed E-state index contributed by atoms with van der Waals surface area (Å²) >= 11 is 1.33. The van der Waals surface area contributed by atoms with E-state index in [2.05, 4.69) is 11.6 Å². The second-order valence-corrected chi connectivity index (χ2v) is 9.55. The molecule has 0 saturated carbocycles. The number of carbonyl (C=O) groups is 1. The first-order valence-corrected chi connectivity index (χ1v) is 10.5. The van der Waals surface area contributed by atoms with E-state index >= 15 is 0 Å². The van der Waals surface area contributed by atoms with E-state index in [1.54, 1.807) is 19.1 Å². The standard InChI is InChI=1S/C18H22N2O3S2/c1-10-5-7-13-14(8-10)24-18(16(13)17(19)21)20-25(22,23)15-9-11(2)4-6-12(15)3/h4,6,9-10,20H,5,7-8H2,1-3H3,(H2,19,21)/t10-/m1/s1. The van der Waals surface area contributed by atoms with Crippen LogP contribution in [0.4, 0.5) is 5.00 Å². The Labute approximate surface area is 152 Å². The van der Waals surface area contributed by atoms with Crippen LogP contribution in [0.1, 0.15) is 45.3 Å². The lowest BCUT2D eigenvalue weighted by Crippen LogP contribution is -2.20. The van der Waals surface area contributed by atoms with E-state index in [9.17, 15) is 13.2 Å². The van der Waals surface area contributed by atoms with Crippen molar-refractivity contribution in [2.45, 2.75) is 44.9 Å². The SMILES string of the molecule is Cc1ccc(C)c(S(=O)(=O)Nc2sc3c(c2C(N)=O)CC[C@@H](C)C3)c1. The third-order valence-electron chi connectivity index (χ3n) is 4.62. The number of hydrogen-bond donors (Lipinski definition) is 2. The second-order valence-electron chi connectivity index (χ2n) is 6.79. The van der Waals surface area contributed by atoms with Gasteiger partial charge in [-0.2, -0.15) is 0 Å². The van der Waals surface area contributed by atoms with Crippen LogP contribution in [0.15, 0.2) is 23.1 Å². The summed E-state index contributed by atoms with van der Waals surface area (Å²) in [7, 11) is -3.78. The fourth-order valence-corrected chi connectivity index (χ4v) is 6.31. The number of sulfonamides is 1. The molecule has 3 rings (SSSR count). The number of hydrogen-bond acceptors (Lipinski definition) is 4. The average molecular weight is 379 g/mol. The first kappa shape index (κ1) is 17.9. The normalized spacial score (nSPS) is 17.2. The van der Waals surface area contributed by atoms with Crippen LogP contribution < -0.4 is 10.5 Å². The maximum absolute atomic E-state index is 12.9. The Morgan fingerprint density at radius 1 is 1.32 bits per heavy atom. The van der Waals surface area contributed by atoms with Crippen LogP contribution in [-0.2, 0) is 22.9 Å². The molecule has 25 heavy (non-hydrogen) atoms. The van der Waals surface area contributed by atoms with Gasteiger partial charge in [0.1, 0.15) is 5.00 Å². The third-order valence-corrected chi connectivity index (χ3v) is 7.41. The van der Waals surface area contributed by atoms with Crippen LogP contribution >= 0.6 is 11.3 Å². The van der Waals surface area contributed by atoms with Gasteiger partial charge in [-0.05, 0) is 61.8 Å². The number of nitrogens with one attached hydrogen (secondary N) is 1. The van der Waals surface area contributed by atoms with Crippen LogP contribution in [0.5, 0.6) is 0 Å². The molecule has 0 unspecified atom stereocenters. The van der Waals surface area contributed by atoms with Gasteiger partial charge in [0.2, 0.25) is 0 Å². The maximum atomic E-state index is 12.9. The van der Waals surface area contributed by atoms with Crippen molar-refractivity contribution in [2.24, 2.45) is 11.7 Å². The Morgan fingerprint density at radius 2 is 2.04 bits per heavy atom. The molecule has 3 N–H and O–H groups in total. The van der Waals surface area contributed by atoms with Gasteiger partial charge < -0.3 is 5.73 Å². The summed E-state index contributed by atoms with van der Waals surface area (Å²) in [5, 5.41) is 0.340. The first-order valence-electron chi connectivity index (χ1n) is 8.23. The van der Waals surface area contributed by atoms with Gasteiger partial charge in [0.25, 0.3) is 15.9 Å². The van der Waals surface area contributed by atoms with Gasteiger partial charge in [0, 0.05) is 4.88 Å². The molecule has 0 bridgehead atoms. The van der Waals surface area contributed by atoms with Crippen molar-refractivity contribution in [3.05, 3.63) is 45.3 Å². The fraction of sp³-hybridized carbons (Fsp3) is 0.389. The van der Waals surface area contributed by atoms with E-state index in [4.69, 9.17) is 5.73 Å². The molecule has 1 aliphatic carbocycles. The van der Waals surface area contributed by atoms with Crippen LogP contribution in [-0.4, -0.2) is 14.3 Å². The molecule has 2 aromatic rings. The van der Waals surface area contributed by atoms with E-state index < -0.39 is 15.9 Å². The molecule has 5 nitrogen and oxygen atoms in total. The second kappa shape index (κ2) is 6.46. The van der Waals surface area contributed by atoms with Gasteiger partial charge in [0.05, 0.1) is 10.5 Å². The Morgan fingerprint density at radius 3 is 2.72 bits per heavy atom. The van der Waals surface area contributed by atoms with Gasteiger partial charge in [-0.25, -0.2) is 8.42 Å². The van der Waals surface area contributed by atoms with Crippen LogP contribution in [0.25, 0.3) is 0 Å². The molecular formula is C18H22N2O3S2. The van der Waals surface area contributed by atoms with E-state index in [1.807, 2.05) is 13.0 Å². The molecule has 1 aromatic heterocycles. The van der Waals surface area contributed by atoms with E-state index in [1.165, 1.54) is 11.3 Å². The molecule has 0 radical (unpaired) electrons. The number of aryl methyl sites for hydroxylation is 2. The third kappa shape index (κ3) is 3.43. The molecule has 134 valence electrons. The van der Waals surface area contributed by atoms with E-state index in [0.29, 0.717) is 22.0 Å². The first-order chi connectivity index (χ1) is 11.7. The summed E-state index contributed by atoms with van der Waals surface area (Å²) < 4.78 is 28.4. The van der Waals surface area contributed by atoms with Crippen molar-refractivity contribution >= 4 is 32.3 Å². The lowest BCUT2D eigenvalue weighted by atomic mass is 9.88. The summed E-state index contributed by atoms with van der Waals surface area (Å²) in [4.78, 5) is 13.3. The monoisotopic (exact) mass is 378 g/mol. The maximum Gasteiger partial charge on any atom is 0.262 e. The van der Waals surface area contributed by atoms with E-state index in [0.717, 1.165) is 35.3 Å².